The molecular formula is C14H20BrNO3S. The highest BCUT2D eigenvalue weighted by Gasteiger charge is 2.33. The van der Waals surface area contributed by atoms with E-state index in [0.717, 1.165) is 10.9 Å². The fraction of sp³-hybridized carbons (Fsp3) is 0.571. The van der Waals surface area contributed by atoms with Crippen molar-refractivity contribution >= 4 is 26.0 Å². The van der Waals surface area contributed by atoms with Crippen molar-refractivity contribution in [3.63, 3.8) is 0 Å². The Hall–Kier alpha value is -0.590. The van der Waals surface area contributed by atoms with Crippen molar-refractivity contribution in [2.75, 3.05) is 20.2 Å². The van der Waals surface area contributed by atoms with Gasteiger partial charge in [-0.15, -0.1) is 0 Å². The molecule has 0 bridgehead atoms. The molecule has 6 heteroatoms. The van der Waals surface area contributed by atoms with Crippen LogP contribution in [0.1, 0.15) is 20.3 Å². The van der Waals surface area contributed by atoms with Gasteiger partial charge in [-0.3, -0.25) is 0 Å². The molecule has 0 N–H and O–H groups in total. The third-order valence-electron chi connectivity index (χ3n) is 4.04. The van der Waals surface area contributed by atoms with Gasteiger partial charge in [0, 0.05) is 17.6 Å². The van der Waals surface area contributed by atoms with E-state index in [4.69, 9.17) is 4.74 Å². The Balaban J connectivity index is 2.38. The molecular weight excluding hydrogens is 342 g/mol. The zero-order chi connectivity index (χ0) is 14.9. The smallest absolute Gasteiger partial charge is 0.246 e. The molecule has 2 rings (SSSR count). The average molecular weight is 362 g/mol. The molecule has 1 aliphatic rings. The number of sulfonamides is 1. The molecule has 0 radical (unpaired) electrons. The van der Waals surface area contributed by atoms with E-state index >= 15 is 0 Å². The minimum atomic E-state index is -3.51. The number of piperidine rings is 1. The molecule has 112 valence electrons. The highest BCUT2D eigenvalue weighted by Crippen LogP contribution is 2.33. The molecule has 0 aliphatic carbocycles. The summed E-state index contributed by atoms with van der Waals surface area (Å²) in [7, 11) is -2.02. The second kappa shape index (κ2) is 6.03. The minimum Gasteiger partial charge on any atom is -0.495 e. The van der Waals surface area contributed by atoms with Gasteiger partial charge in [-0.05, 0) is 36.5 Å². The SMILES string of the molecule is COc1ccc(Br)cc1S(=O)(=O)N1CCC(C)C(C)C1. The maximum Gasteiger partial charge on any atom is 0.246 e. The van der Waals surface area contributed by atoms with Gasteiger partial charge in [0.05, 0.1) is 7.11 Å². The van der Waals surface area contributed by atoms with Crippen LogP contribution in [-0.4, -0.2) is 32.9 Å². The number of rotatable bonds is 3. The third-order valence-corrected chi connectivity index (χ3v) is 6.42. The Bertz CT molecular complexity index is 588. The second-order valence-electron chi connectivity index (χ2n) is 5.40. The first-order chi connectivity index (χ1) is 9.36. The number of halogens is 1. The van der Waals surface area contributed by atoms with Gasteiger partial charge in [0.1, 0.15) is 10.6 Å². The molecule has 4 nitrogen and oxygen atoms in total. The molecule has 1 aromatic carbocycles. The van der Waals surface area contributed by atoms with Gasteiger partial charge >= 0.3 is 0 Å². The van der Waals surface area contributed by atoms with E-state index in [1.807, 2.05) is 0 Å². The maximum absolute atomic E-state index is 12.8. The lowest BCUT2D eigenvalue weighted by molar-refractivity contribution is 0.212. The Morgan fingerprint density at radius 2 is 2.00 bits per heavy atom. The quantitative estimate of drug-likeness (QED) is 0.830. The first kappa shape index (κ1) is 15.8. The second-order valence-corrected chi connectivity index (χ2v) is 8.22. The normalized spacial score (nSPS) is 24.6. The van der Waals surface area contributed by atoms with Crippen molar-refractivity contribution in [2.45, 2.75) is 25.2 Å². The summed E-state index contributed by atoms with van der Waals surface area (Å²) in [5, 5.41) is 0. The van der Waals surface area contributed by atoms with E-state index in [1.54, 1.807) is 22.5 Å². The van der Waals surface area contributed by atoms with Gasteiger partial charge in [0.25, 0.3) is 0 Å². The summed E-state index contributed by atoms with van der Waals surface area (Å²) in [6, 6.07) is 5.06. The van der Waals surface area contributed by atoms with Crippen LogP contribution in [0.25, 0.3) is 0 Å². The number of hydrogen-bond donors (Lipinski definition) is 0. The van der Waals surface area contributed by atoms with Crippen molar-refractivity contribution in [1.82, 2.24) is 4.31 Å². The zero-order valence-electron chi connectivity index (χ0n) is 12.0. The van der Waals surface area contributed by atoms with Crippen molar-refractivity contribution in [3.05, 3.63) is 22.7 Å². The van der Waals surface area contributed by atoms with Crippen LogP contribution in [-0.2, 0) is 10.0 Å². The lowest BCUT2D eigenvalue weighted by atomic mass is 9.90. The highest BCUT2D eigenvalue weighted by molar-refractivity contribution is 9.10. The molecule has 0 saturated carbocycles. The fourth-order valence-electron chi connectivity index (χ4n) is 2.43. The summed E-state index contributed by atoms with van der Waals surface area (Å²) in [5.41, 5.74) is 0. The summed E-state index contributed by atoms with van der Waals surface area (Å²) >= 11 is 3.32. The van der Waals surface area contributed by atoms with E-state index in [-0.39, 0.29) is 4.90 Å². The predicted octanol–water partition coefficient (Wildman–Crippen LogP) is 3.12. The first-order valence-corrected chi connectivity index (χ1v) is 8.93. The Morgan fingerprint density at radius 1 is 1.30 bits per heavy atom. The molecule has 0 spiro atoms. The topological polar surface area (TPSA) is 46.6 Å². The van der Waals surface area contributed by atoms with Crippen LogP contribution < -0.4 is 4.74 Å². The standard InChI is InChI=1S/C14H20BrNO3S/c1-10-6-7-16(9-11(10)2)20(17,18)14-8-12(15)4-5-13(14)19-3/h4-5,8,10-11H,6-7,9H2,1-3H3. The van der Waals surface area contributed by atoms with E-state index < -0.39 is 10.0 Å². The van der Waals surface area contributed by atoms with Gasteiger partial charge in [-0.2, -0.15) is 4.31 Å². The largest absolute Gasteiger partial charge is 0.495 e. The van der Waals surface area contributed by atoms with Gasteiger partial charge in [-0.1, -0.05) is 29.8 Å². The molecule has 1 aromatic rings. The van der Waals surface area contributed by atoms with Crippen LogP contribution in [0.15, 0.2) is 27.6 Å². The summed E-state index contributed by atoms with van der Waals surface area (Å²) in [5.74, 6) is 1.32. The van der Waals surface area contributed by atoms with E-state index in [1.165, 1.54) is 7.11 Å². The Morgan fingerprint density at radius 3 is 2.60 bits per heavy atom. The number of benzene rings is 1. The van der Waals surface area contributed by atoms with Crippen LogP contribution in [0.5, 0.6) is 5.75 Å². The molecule has 1 saturated heterocycles. The summed E-state index contributed by atoms with van der Waals surface area (Å²) in [6.45, 7) is 5.42. The Labute approximate surface area is 129 Å². The monoisotopic (exact) mass is 361 g/mol. The van der Waals surface area contributed by atoms with Gasteiger partial charge < -0.3 is 4.74 Å². The lowest BCUT2D eigenvalue weighted by Crippen LogP contribution is -2.42. The summed E-state index contributed by atoms with van der Waals surface area (Å²) in [6.07, 6.45) is 0.900. The van der Waals surface area contributed by atoms with E-state index in [9.17, 15) is 8.42 Å². The molecule has 1 heterocycles. The summed E-state index contributed by atoms with van der Waals surface area (Å²) < 4.78 is 33.1. The minimum absolute atomic E-state index is 0.233. The van der Waals surface area contributed by atoms with E-state index in [2.05, 4.69) is 29.8 Å². The van der Waals surface area contributed by atoms with Crippen molar-refractivity contribution in [1.29, 1.82) is 0 Å². The number of nitrogens with zero attached hydrogens (tertiary/aromatic N) is 1. The van der Waals surface area contributed by atoms with Crippen molar-refractivity contribution in [2.24, 2.45) is 11.8 Å². The number of ether oxygens (including phenoxy) is 1. The van der Waals surface area contributed by atoms with Gasteiger partial charge in [0.2, 0.25) is 10.0 Å². The zero-order valence-corrected chi connectivity index (χ0v) is 14.4. The molecule has 1 aliphatic heterocycles. The van der Waals surface area contributed by atoms with Crippen LogP contribution in [0.4, 0.5) is 0 Å². The van der Waals surface area contributed by atoms with Gasteiger partial charge in [-0.25, -0.2) is 8.42 Å². The molecule has 1 fully saturated rings. The molecule has 2 atom stereocenters. The van der Waals surface area contributed by atoms with Crippen LogP contribution in [0.3, 0.4) is 0 Å². The van der Waals surface area contributed by atoms with Crippen molar-refractivity contribution < 1.29 is 13.2 Å². The molecule has 0 amide bonds. The summed E-state index contributed by atoms with van der Waals surface area (Å²) in [4.78, 5) is 0.233. The van der Waals surface area contributed by atoms with Crippen LogP contribution >= 0.6 is 15.9 Å². The average Bonchev–Trinajstić information content (AvgIpc) is 2.41. The highest BCUT2D eigenvalue weighted by atomic mass is 79.9. The van der Waals surface area contributed by atoms with Gasteiger partial charge in [0.15, 0.2) is 0 Å². The van der Waals surface area contributed by atoms with E-state index in [0.29, 0.717) is 30.7 Å². The van der Waals surface area contributed by atoms with Crippen molar-refractivity contribution in [3.8, 4) is 5.75 Å². The number of methoxy groups -OCH3 is 1. The maximum atomic E-state index is 12.8. The fourth-order valence-corrected chi connectivity index (χ4v) is 4.68. The predicted molar refractivity (Wildman–Crippen MR) is 82.4 cm³/mol. The molecule has 0 aromatic heterocycles. The van der Waals surface area contributed by atoms with Crippen LogP contribution in [0, 0.1) is 11.8 Å². The molecule has 20 heavy (non-hydrogen) atoms. The third kappa shape index (κ3) is 3.02. The lowest BCUT2D eigenvalue weighted by Gasteiger charge is -2.34. The van der Waals surface area contributed by atoms with Crippen LogP contribution in [0.2, 0.25) is 0 Å². The molecule has 2 unspecified atom stereocenters. The first-order valence-electron chi connectivity index (χ1n) is 6.70. The Kier molecular flexibility index (Phi) is 4.76. The number of hydrogen-bond acceptors (Lipinski definition) is 3.